The van der Waals surface area contributed by atoms with E-state index in [0.717, 1.165) is 12.0 Å². The number of hydrogen-bond donors (Lipinski definition) is 2. The van der Waals surface area contributed by atoms with Crippen LogP contribution in [0.5, 0.6) is 5.75 Å². The number of ether oxygens (including phenoxy) is 1. The third kappa shape index (κ3) is 6.27. The zero-order chi connectivity index (χ0) is 18.1. The second-order valence-corrected chi connectivity index (χ2v) is 5.67. The van der Waals surface area contributed by atoms with Crippen LogP contribution in [0.4, 0.5) is 5.69 Å². The summed E-state index contributed by atoms with van der Waals surface area (Å²) in [7, 11) is 1.56. The summed E-state index contributed by atoms with van der Waals surface area (Å²) in [5.41, 5.74) is 1.71. The van der Waals surface area contributed by atoms with E-state index in [-0.39, 0.29) is 12.3 Å². The van der Waals surface area contributed by atoms with Crippen molar-refractivity contribution in [3.8, 4) is 5.75 Å². The van der Waals surface area contributed by atoms with Crippen LogP contribution in [0.1, 0.15) is 12.0 Å². The summed E-state index contributed by atoms with van der Waals surface area (Å²) < 4.78 is 5.05. The van der Waals surface area contributed by atoms with Crippen molar-refractivity contribution in [3.63, 3.8) is 0 Å². The Bertz CT molecular complexity index is 686. The molecule has 2 aromatic carbocycles. The Morgan fingerprint density at radius 2 is 1.80 bits per heavy atom. The minimum Gasteiger partial charge on any atom is -0.544 e. The standard InChI is InChI=1S/C19H22N2O4/c1-25-16-9-7-15(8-10-16)21-18(22)13-17(19(23)24)20-12-11-14-5-3-2-4-6-14/h2-10,17,20H,11-13H2,1H3,(H,21,22)(H,23,24)/t17-/m1/s1. The first-order chi connectivity index (χ1) is 12.1. The van der Waals surface area contributed by atoms with Crippen molar-refractivity contribution < 1.29 is 24.7 Å². The van der Waals surface area contributed by atoms with Crippen LogP contribution in [0.3, 0.4) is 0 Å². The fourth-order valence-corrected chi connectivity index (χ4v) is 2.44. The molecule has 0 radical (unpaired) electrons. The van der Waals surface area contributed by atoms with Crippen LogP contribution in [0.25, 0.3) is 0 Å². The quantitative estimate of drug-likeness (QED) is 0.668. The normalized spacial score (nSPS) is 11.6. The van der Waals surface area contributed by atoms with E-state index in [1.54, 1.807) is 36.7 Å². The smallest absolute Gasteiger partial charge is 0.230 e. The van der Waals surface area contributed by atoms with Crippen LogP contribution in [0.2, 0.25) is 0 Å². The molecule has 0 spiro atoms. The third-order valence-electron chi connectivity index (χ3n) is 3.81. The number of hydrogen-bond acceptors (Lipinski definition) is 4. The maximum atomic E-state index is 12.1. The molecule has 2 rings (SSSR count). The van der Waals surface area contributed by atoms with Gasteiger partial charge in [-0.2, -0.15) is 0 Å². The molecule has 0 bridgehead atoms. The molecule has 0 unspecified atom stereocenters. The molecule has 25 heavy (non-hydrogen) atoms. The molecule has 3 N–H and O–H groups in total. The van der Waals surface area contributed by atoms with Gasteiger partial charge in [-0.1, -0.05) is 30.3 Å². The lowest BCUT2D eigenvalue weighted by Gasteiger charge is -2.16. The Morgan fingerprint density at radius 1 is 1.12 bits per heavy atom. The van der Waals surface area contributed by atoms with Crippen LogP contribution in [0.15, 0.2) is 54.6 Å². The van der Waals surface area contributed by atoms with Gasteiger partial charge in [0.05, 0.1) is 26.0 Å². The Kier molecular flexibility index (Phi) is 6.98. The second kappa shape index (κ2) is 9.44. The lowest BCUT2D eigenvalue weighted by atomic mass is 10.1. The molecule has 1 atom stereocenters. The number of amides is 1. The fraction of sp³-hybridized carbons (Fsp3) is 0.263. The SMILES string of the molecule is COc1ccc(NC(=O)C[C@@H]([NH2+]CCc2ccccc2)C(=O)[O-])cc1. The number of anilines is 1. The van der Waals surface area contributed by atoms with Gasteiger partial charge in [0.2, 0.25) is 5.91 Å². The minimum absolute atomic E-state index is 0.150. The highest BCUT2D eigenvalue weighted by Crippen LogP contribution is 2.15. The van der Waals surface area contributed by atoms with Gasteiger partial charge in [0.1, 0.15) is 11.8 Å². The molecular weight excluding hydrogens is 320 g/mol. The molecule has 132 valence electrons. The maximum absolute atomic E-state index is 12.1. The number of quaternary nitrogens is 1. The van der Waals surface area contributed by atoms with Crippen LogP contribution < -0.4 is 20.5 Å². The number of rotatable bonds is 9. The van der Waals surface area contributed by atoms with Gasteiger partial charge in [-0.05, 0) is 29.8 Å². The van der Waals surface area contributed by atoms with Gasteiger partial charge in [0.25, 0.3) is 0 Å². The summed E-state index contributed by atoms with van der Waals surface area (Å²) in [6.07, 6.45) is 0.577. The first-order valence-electron chi connectivity index (χ1n) is 8.10. The predicted octanol–water partition coefficient (Wildman–Crippen LogP) is -0.0516. The third-order valence-corrected chi connectivity index (χ3v) is 3.81. The molecule has 2 aromatic rings. The summed E-state index contributed by atoms with van der Waals surface area (Å²) in [6.45, 7) is 0.568. The molecule has 1 amide bonds. The van der Waals surface area contributed by atoms with E-state index < -0.39 is 12.0 Å². The van der Waals surface area contributed by atoms with Gasteiger partial charge in [-0.15, -0.1) is 0 Å². The minimum atomic E-state index is -1.24. The summed E-state index contributed by atoms with van der Waals surface area (Å²) in [4.78, 5) is 23.3. The molecule has 0 fully saturated rings. The first-order valence-corrected chi connectivity index (χ1v) is 8.10. The molecule has 0 saturated heterocycles. The zero-order valence-corrected chi connectivity index (χ0v) is 14.1. The molecule has 0 aromatic heterocycles. The summed E-state index contributed by atoms with van der Waals surface area (Å²) in [6, 6.07) is 15.7. The number of carbonyl (C=O) groups is 2. The van der Waals surface area contributed by atoms with E-state index in [4.69, 9.17) is 4.74 Å². The molecule has 0 aliphatic carbocycles. The molecular formula is C19H22N2O4. The Labute approximate surface area is 146 Å². The van der Waals surface area contributed by atoms with Gasteiger partial charge in [0, 0.05) is 12.1 Å². The summed E-state index contributed by atoms with van der Waals surface area (Å²) in [5, 5.41) is 15.6. The highest BCUT2D eigenvalue weighted by Gasteiger charge is 2.18. The highest BCUT2D eigenvalue weighted by molar-refractivity contribution is 5.93. The van der Waals surface area contributed by atoms with E-state index in [1.807, 2.05) is 30.3 Å². The maximum Gasteiger partial charge on any atom is 0.230 e. The van der Waals surface area contributed by atoms with Crippen LogP contribution in [-0.2, 0) is 16.0 Å². The number of nitrogens with one attached hydrogen (secondary N) is 1. The number of nitrogens with two attached hydrogens (primary N) is 1. The van der Waals surface area contributed by atoms with Gasteiger partial charge in [-0.25, -0.2) is 0 Å². The van der Waals surface area contributed by atoms with E-state index in [9.17, 15) is 14.7 Å². The molecule has 0 aliphatic heterocycles. The monoisotopic (exact) mass is 342 g/mol. The first kappa shape index (κ1) is 18.5. The topological polar surface area (TPSA) is 95.1 Å². The van der Waals surface area contributed by atoms with Crippen LogP contribution in [-0.4, -0.2) is 31.6 Å². The Morgan fingerprint density at radius 3 is 2.40 bits per heavy atom. The molecule has 0 heterocycles. The molecule has 6 nitrogen and oxygen atoms in total. The van der Waals surface area contributed by atoms with Gasteiger partial charge >= 0.3 is 0 Å². The zero-order valence-electron chi connectivity index (χ0n) is 14.1. The van der Waals surface area contributed by atoms with Gasteiger partial charge < -0.3 is 25.3 Å². The molecule has 0 saturated carbocycles. The summed E-state index contributed by atoms with van der Waals surface area (Å²) >= 11 is 0. The van der Waals surface area contributed by atoms with Crippen LogP contribution in [0, 0.1) is 0 Å². The number of carbonyl (C=O) groups excluding carboxylic acids is 2. The number of carboxylic acids is 1. The van der Waals surface area contributed by atoms with E-state index >= 15 is 0 Å². The lowest BCUT2D eigenvalue weighted by Crippen LogP contribution is -2.93. The number of carboxylic acid groups (broad SMARTS) is 1. The van der Waals surface area contributed by atoms with Crippen molar-refractivity contribution in [2.45, 2.75) is 18.9 Å². The average molecular weight is 342 g/mol. The van der Waals surface area contributed by atoms with E-state index in [2.05, 4.69) is 5.32 Å². The second-order valence-electron chi connectivity index (χ2n) is 5.67. The van der Waals surface area contributed by atoms with Crippen molar-refractivity contribution in [1.29, 1.82) is 0 Å². The van der Waals surface area contributed by atoms with Crippen molar-refractivity contribution in [3.05, 3.63) is 60.2 Å². The average Bonchev–Trinajstić information content (AvgIpc) is 2.62. The van der Waals surface area contributed by atoms with Gasteiger partial charge in [-0.3, -0.25) is 4.79 Å². The highest BCUT2D eigenvalue weighted by atomic mass is 16.5. The molecule has 6 heteroatoms. The fourth-order valence-electron chi connectivity index (χ4n) is 2.44. The van der Waals surface area contributed by atoms with E-state index in [1.165, 1.54) is 0 Å². The van der Waals surface area contributed by atoms with Crippen molar-refractivity contribution in [2.75, 3.05) is 19.0 Å². The molecule has 0 aliphatic rings. The van der Waals surface area contributed by atoms with E-state index in [0.29, 0.717) is 18.0 Å². The van der Waals surface area contributed by atoms with Gasteiger partial charge in [0.15, 0.2) is 0 Å². The number of aliphatic carboxylic acids is 1. The lowest BCUT2D eigenvalue weighted by molar-refractivity contribution is -0.682. The van der Waals surface area contributed by atoms with Crippen molar-refractivity contribution >= 4 is 17.6 Å². The largest absolute Gasteiger partial charge is 0.544 e. The Balaban J connectivity index is 1.82. The predicted molar refractivity (Wildman–Crippen MR) is 92.0 cm³/mol. The van der Waals surface area contributed by atoms with Crippen molar-refractivity contribution in [2.24, 2.45) is 0 Å². The Hall–Kier alpha value is -2.86. The van der Waals surface area contributed by atoms with Crippen molar-refractivity contribution in [1.82, 2.24) is 0 Å². The van der Waals surface area contributed by atoms with Crippen LogP contribution >= 0.6 is 0 Å². The number of benzene rings is 2. The summed E-state index contributed by atoms with van der Waals surface area (Å²) in [5.74, 6) is -0.923. The number of methoxy groups -OCH3 is 1.